The Balaban J connectivity index is 1.23. The fraction of sp³-hybridized carbons (Fsp3) is 0.367. The van der Waals surface area contributed by atoms with Crippen molar-refractivity contribution >= 4 is 11.5 Å². The summed E-state index contributed by atoms with van der Waals surface area (Å²) in [5.74, 6) is -0.140. The summed E-state index contributed by atoms with van der Waals surface area (Å²) >= 11 is 0. The molecule has 3 aromatic carbocycles. The van der Waals surface area contributed by atoms with E-state index in [4.69, 9.17) is 0 Å². The number of halogens is 2. The predicted octanol–water partition coefficient (Wildman–Crippen LogP) is 5.35. The molecule has 188 valence electrons. The molecule has 1 N–H and O–H groups in total. The van der Waals surface area contributed by atoms with Gasteiger partial charge in [0.15, 0.2) is 5.78 Å². The highest BCUT2D eigenvalue weighted by Crippen LogP contribution is 2.36. The number of likely N-dealkylation sites (tertiary alicyclic amines) is 1. The lowest BCUT2D eigenvalue weighted by molar-refractivity contribution is -0.126. The van der Waals surface area contributed by atoms with Gasteiger partial charge in [-0.3, -0.25) is 10.1 Å². The van der Waals surface area contributed by atoms with Crippen molar-refractivity contribution in [3.63, 3.8) is 0 Å². The van der Waals surface area contributed by atoms with Crippen LogP contribution in [0.2, 0.25) is 0 Å². The van der Waals surface area contributed by atoms with E-state index in [1.54, 1.807) is 0 Å². The first-order chi connectivity index (χ1) is 17.5. The normalized spacial score (nSPS) is 18.2. The van der Waals surface area contributed by atoms with Crippen LogP contribution in [0, 0.1) is 11.6 Å². The van der Waals surface area contributed by atoms with E-state index in [2.05, 4.69) is 27.2 Å². The van der Waals surface area contributed by atoms with Gasteiger partial charge in [-0.05, 0) is 79.8 Å². The Bertz CT molecular complexity index is 1100. The fourth-order valence-corrected chi connectivity index (χ4v) is 5.82. The van der Waals surface area contributed by atoms with Crippen LogP contribution in [-0.4, -0.2) is 49.1 Å². The van der Waals surface area contributed by atoms with Crippen molar-refractivity contribution in [2.75, 3.05) is 37.7 Å². The zero-order valence-electron chi connectivity index (χ0n) is 20.5. The number of carbonyl (C=O) groups excluding carboxylic acids is 1. The van der Waals surface area contributed by atoms with Crippen molar-refractivity contribution < 1.29 is 13.6 Å². The van der Waals surface area contributed by atoms with Crippen LogP contribution in [0.1, 0.15) is 42.7 Å². The van der Waals surface area contributed by atoms with Crippen LogP contribution in [0.25, 0.3) is 0 Å². The molecule has 2 aliphatic rings. The Hall–Kier alpha value is -3.09. The molecule has 0 amide bonds. The molecule has 0 radical (unpaired) electrons. The molecule has 1 spiro atoms. The largest absolute Gasteiger partial charge is 0.346 e. The number of nitrogens with zero attached hydrogens (tertiary/aromatic N) is 2. The number of carbonyl (C=O) groups is 1. The first-order valence-corrected chi connectivity index (χ1v) is 12.9. The molecular weight excluding hydrogens is 456 g/mol. The highest BCUT2D eigenvalue weighted by molar-refractivity contribution is 5.94. The Kier molecular flexibility index (Phi) is 7.44. The molecule has 6 heteroatoms. The third kappa shape index (κ3) is 5.20. The Morgan fingerprint density at radius 3 is 2.00 bits per heavy atom. The van der Waals surface area contributed by atoms with E-state index >= 15 is 0 Å². The summed E-state index contributed by atoms with van der Waals surface area (Å²) < 4.78 is 27.1. The van der Waals surface area contributed by atoms with E-state index in [9.17, 15) is 13.6 Å². The zero-order valence-corrected chi connectivity index (χ0v) is 20.5. The van der Waals surface area contributed by atoms with Gasteiger partial charge in [0.2, 0.25) is 0 Å². The van der Waals surface area contributed by atoms with Gasteiger partial charge in [-0.25, -0.2) is 8.78 Å². The quantitative estimate of drug-likeness (QED) is 0.486. The van der Waals surface area contributed by atoms with Gasteiger partial charge in [0.25, 0.3) is 0 Å². The minimum absolute atomic E-state index is 0.0851. The summed E-state index contributed by atoms with van der Waals surface area (Å²) in [6.07, 6.45) is 3.49. The van der Waals surface area contributed by atoms with E-state index in [-0.39, 0.29) is 23.3 Å². The predicted molar refractivity (Wildman–Crippen MR) is 139 cm³/mol. The van der Waals surface area contributed by atoms with E-state index < -0.39 is 5.54 Å². The smallest absolute Gasteiger partial charge is 0.172 e. The molecule has 0 aromatic heterocycles. The molecule has 5 rings (SSSR count). The van der Waals surface area contributed by atoms with Gasteiger partial charge in [-0.15, -0.1) is 0 Å². The maximum atomic E-state index is 13.5. The number of anilines is 1. The molecule has 0 unspecified atom stereocenters. The number of hydrogen-bond donors (Lipinski definition) is 1. The number of nitrogens with one attached hydrogen (secondary N) is 1. The van der Waals surface area contributed by atoms with Gasteiger partial charge in [0, 0.05) is 24.7 Å². The van der Waals surface area contributed by atoms with Crippen LogP contribution in [0.5, 0.6) is 0 Å². The average Bonchev–Trinajstić information content (AvgIpc) is 2.91. The number of piperidine rings is 1. The molecule has 3 aromatic rings. The maximum Gasteiger partial charge on any atom is 0.172 e. The molecular formula is C30H33F2N3O. The molecule has 36 heavy (non-hydrogen) atoms. The first kappa shape index (κ1) is 24.6. The fourth-order valence-electron chi connectivity index (χ4n) is 5.82. The first-order valence-electron chi connectivity index (χ1n) is 12.9. The zero-order chi connectivity index (χ0) is 25.0. The van der Waals surface area contributed by atoms with Gasteiger partial charge in [-0.1, -0.05) is 42.5 Å². The van der Waals surface area contributed by atoms with Crippen LogP contribution in [0.15, 0.2) is 78.9 Å². The number of hydrogen-bond acceptors (Lipinski definition) is 4. The monoisotopic (exact) mass is 489 g/mol. The van der Waals surface area contributed by atoms with Crippen LogP contribution in [0.4, 0.5) is 14.5 Å². The van der Waals surface area contributed by atoms with Gasteiger partial charge < -0.3 is 9.80 Å². The summed E-state index contributed by atoms with van der Waals surface area (Å²) in [5, 5.41) is 3.27. The summed E-state index contributed by atoms with van der Waals surface area (Å²) in [4.78, 5) is 17.9. The molecule has 0 aliphatic carbocycles. The highest BCUT2D eigenvalue weighted by atomic mass is 19.1. The highest BCUT2D eigenvalue weighted by Gasteiger charge is 2.47. The second-order valence-corrected chi connectivity index (χ2v) is 9.94. The van der Waals surface area contributed by atoms with E-state index in [0.717, 1.165) is 62.1 Å². The second kappa shape index (κ2) is 10.9. The standard InChI is InChI=1S/C30H33F2N3O/c31-25-12-8-23(9-13-25)28(24-10-14-26(32)15-11-24)7-4-18-34-19-16-30(17-20-34)29(36)21-33-22-35(30)27-5-2-1-3-6-27/h1-3,5-6,8-15,28,33H,4,7,16-22H2. The van der Waals surface area contributed by atoms with Gasteiger partial charge in [0.05, 0.1) is 13.2 Å². The summed E-state index contributed by atoms with van der Waals surface area (Å²) in [6, 6.07) is 23.5. The van der Waals surface area contributed by atoms with Gasteiger partial charge in [0.1, 0.15) is 17.2 Å². The molecule has 0 bridgehead atoms. The molecule has 0 atom stereocenters. The van der Waals surface area contributed by atoms with E-state index in [0.29, 0.717) is 13.2 Å². The van der Waals surface area contributed by atoms with Crippen molar-refractivity contribution in [2.24, 2.45) is 0 Å². The summed E-state index contributed by atoms with van der Waals surface area (Å²) in [7, 11) is 0. The second-order valence-electron chi connectivity index (χ2n) is 9.94. The Morgan fingerprint density at radius 1 is 0.833 bits per heavy atom. The van der Waals surface area contributed by atoms with Gasteiger partial charge in [-0.2, -0.15) is 0 Å². The lowest BCUT2D eigenvalue weighted by atomic mass is 9.80. The van der Waals surface area contributed by atoms with Crippen molar-refractivity contribution in [3.8, 4) is 0 Å². The Morgan fingerprint density at radius 2 is 1.42 bits per heavy atom. The molecule has 4 nitrogen and oxygen atoms in total. The maximum absolute atomic E-state index is 13.5. The van der Waals surface area contributed by atoms with Crippen molar-refractivity contribution in [1.82, 2.24) is 10.2 Å². The minimum atomic E-state index is -0.437. The minimum Gasteiger partial charge on any atom is -0.346 e. The number of ketones is 1. The molecule has 0 saturated carbocycles. The van der Waals surface area contributed by atoms with Crippen molar-refractivity contribution in [2.45, 2.75) is 37.1 Å². The number of Topliss-reactive ketones (excluding diaryl/α,β-unsaturated/α-hetero) is 1. The topological polar surface area (TPSA) is 35.6 Å². The van der Waals surface area contributed by atoms with Crippen molar-refractivity contribution in [1.29, 1.82) is 0 Å². The number of benzene rings is 3. The Labute approximate surface area is 211 Å². The molecule has 2 fully saturated rings. The third-order valence-electron chi connectivity index (χ3n) is 7.85. The number of para-hydroxylation sites is 1. The molecule has 2 saturated heterocycles. The van der Waals surface area contributed by atoms with Crippen LogP contribution < -0.4 is 10.2 Å². The third-order valence-corrected chi connectivity index (χ3v) is 7.85. The molecule has 2 aliphatic heterocycles. The van der Waals surface area contributed by atoms with Crippen LogP contribution in [0.3, 0.4) is 0 Å². The molecule has 2 heterocycles. The SMILES string of the molecule is O=C1CNCN(c2ccccc2)C12CCN(CCCC(c1ccc(F)cc1)c1ccc(F)cc1)CC2. The van der Waals surface area contributed by atoms with E-state index in [1.807, 2.05) is 42.5 Å². The number of rotatable bonds is 7. The summed E-state index contributed by atoms with van der Waals surface area (Å²) in [6.45, 7) is 3.82. The average molecular weight is 490 g/mol. The summed E-state index contributed by atoms with van der Waals surface area (Å²) in [5.41, 5.74) is 2.74. The lowest BCUT2D eigenvalue weighted by Gasteiger charge is -2.51. The van der Waals surface area contributed by atoms with Crippen LogP contribution >= 0.6 is 0 Å². The lowest BCUT2D eigenvalue weighted by Crippen LogP contribution is -2.67. The van der Waals surface area contributed by atoms with Crippen LogP contribution in [-0.2, 0) is 4.79 Å². The van der Waals surface area contributed by atoms with Crippen molar-refractivity contribution in [3.05, 3.63) is 102 Å². The van der Waals surface area contributed by atoms with E-state index in [1.165, 1.54) is 24.3 Å². The van der Waals surface area contributed by atoms with Gasteiger partial charge >= 0.3 is 0 Å².